The molecule has 1 saturated heterocycles. The van der Waals surface area contributed by atoms with E-state index in [0.29, 0.717) is 5.78 Å². The Labute approximate surface area is 110 Å². The Bertz CT molecular complexity index is 433. The number of aromatic nitrogens is 1. The molecule has 0 aliphatic carbocycles. The SMILES string of the molecule is CC(=O)C1CCCN(c2cc(C)c(Br)cn2)C1. The van der Waals surface area contributed by atoms with Gasteiger partial charge in [-0.15, -0.1) is 0 Å². The summed E-state index contributed by atoms with van der Waals surface area (Å²) < 4.78 is 1.03. The predicted molar refractivity (Wildman–Crippen MR) is 72.3 cm³/mol. The molecule has 0 saturated carbocycles. The zero-order valence-electron chi connectivity index (χ0n) is 10.2. The second kappa shape index (κ2) is 5.17. The molecule has 0 aromatic carbocycles. The van der Waals surface area contributed by atoms with E-state index in [1.54, 1.807) is 6.92 Å². The Morgan fingerprint density at radius 1 is 1.59 bits per heavy atom. The molecule has 1 fully saturated rings. The van der Waals surface area contributed by atoms with Gasteiger partial charge in [-0.3, -0.25) is 4.79 Å². The molecule has 1 atom stereocenters. The first-order valence-electron chi connectivity index (χ1n) is 5.95. The Hall–Kier alpha value is -0.900. The van der Waals surface area contributed by atoms with Crippen molar-refractivity contribution in [1.29, 1.82) is 0 Å². The minimum atomic E-state index is 0.175. The summed E-state index contributed by atoms with van der Waals surface area (Å²) in [6.45, 7) is 5.55. The van der Waals surface area contributed by atoms with Gasteiger partial charge in [0.25, 0.3) is 0 Å². The normalized spacial score (nSPS) is 20.4. The standard InChI is InChI=1S/C13H17BrN2O/c1-9-6-13(15-7-12(9)14)16-5-3-4-11(8-16)10(2)17/h6-7,11H,3-5,8H2,1-2H3. The number of halogens is 1. The number of hydrogen-bond donors (Lipinski definition) is 0. The number of aryl methyl sites for hydroxylation is 1. The molecule has 17 heavy (non-hydrogen) atoms. The molecule has 92 valence electrons. The van der Waals surface area contributed by atoms with Crippen LogP contribution in [0.4, 0.5) is 5.82 Å². The zero-order chi connectivity index (χ0) is 12.4. The van der Waals surface area contributed by atoms with E-state index >= 15 is 0 Å². The Kier molecular flexibility index (Phi) is 3.82. The molecule has 0 N–H and O–H groups in total. The highest BCUT2D eigenvalue weighted by molar-refractivity contribution is 9.10. The van der Waals surface area contributed by atoms with E-state index in [2.05, 4.69) is 38.8 Å². The van der Waals surface area contributed by atoms with Crippen molar-refractivity contribution in [3.05, 3.63) is 22.3 Å². The van der Waals surface area contributed by atoms with Crippen LogP contribution in [0.1, 0.15) is 25.3 Å². The largest absolute Gasteiger partial charge is 0.356 e. The number of carbonyl (C=O) groups excluding carboxylic acids is 1. The van der Waals surface area contributed by atoms with Gasteiger partial charge in [0.05, 0.1) is 0 Å². The minimum absolute atomic E-state index is 0.175. The fourth-order valence-electron chi connectivity index (χ4n) is 2.21. The van der Waals surface area contributed by atoms with Gasteiger partial charge in [-0.05, 0) is 54.2 Å². The van der Waals surface area contributed by atoms with Crippen molar-refractivity contribution in [3.8, 4) is 0 Å². The maximum Gasteiger partial charge on any atom is 0.134 e. The van der Waals surface area contributed by atoms with Crippen LogP contribution in [0.15, 0.2) is 16.7 Å². The van der Waals surface area contributed by atoms with Crippen LogP contribution in [-0.2, 0) is 4.79 Å². The second-order valence-electron chi connectivity index (χ2n) is 4.69. The molecular formula is C13H17BrN2O. The summed E-state index contributed by atoms with van der Waals surface area (Å²) in [7, 11) is 0. The molecule has 2 rings (SSSR count). The number of hydrogen-bond acceptors (Lipinski definition) is 3. The zero-order valence-corrected chi connectivity index (χ0v) is 11.8. The number of nitrogens with zero attached hydrogens (tertiary/aromatic N) is 2. The molecule has 2 heterocycles. The molecule has 3 nitrogen and oxygen atoms in total. The van der Waals surface area contributed by atoms with Crippen LogP contribution in [0.25, 0.3) is 0 Å². The number of carbonyl (C=O) groups is 1. The van der Waals surface area contributed by atoms with Crippen molar-refractivity contribution in [2.75, 3.05) is 18.0 Å². The lowest BCUT2D eigenvalue weighted by atomic mass is 9.94. The lowest BCUT2D eigenvalue weighted by Gasteiger charge is -2.32. The highest BCUT2D eigenvalue weighted by Gasteiger charge is 2.23. The van der Waals surface area contributed by atoms with Crippen LogP contribution in [0.2, 0.25) is 0 Å². The Morgan fingerprint density at radius 3 is 3.00 bits per heavy atom. The van der Waals surface area contributed by atoms with Gasteiger partial charge < -0.3 is 4.90 Å². The lowest BCUT2D eigenvalue weighted by Crippen LogP contribution is -2.38. The number of anilines is 1. The summed E-state index contributed by atoms with van der Waals surface area (Å²) in [5, 5.41) is 0. The number of rotatable bonds is 2. The van der Waals surface area contributed by atoms with Crippen LogP contribution >= 0.6 is 15.9 Å². The maximum absolute atomic E-state index is 11.4. The van der Waals surface area contributed by atoms with Crippen LogP contribution in [-0.4, -0.2) is 23.9 Å². The van der Waals surface area contributed by atoms with Crippen LogP contribution in [0, 0.1) is 12.8 Å². The number of pyridine rings is 1. The number of ketones is 1. The maximum atomic E-state index is 11.4. The van der Waals surface area contributed by atoms with Gasteiger partial charge in [-0.25, -0.2) is 4.98 Å². The van der Waals surface area contributed by atoms with E-state index in [-0.39, 0.29) is 5.92 Å². The fourth-order valence-corrected chi connectivity index (χ4v) is 2.43. The molecule has 0 amide bonds. The quantitative estimate of drug-likeness (QED) is 0.841. The molecule has 0 spiro atoms. The third kappa shape index (κ3) is 2.86. The van der Waals surface area contributed by atoms with Crippen molar-refractivity contribution in [2.45, 2.75) is 26.7 Å². The third-order valence-corrected chi connectivity index (χ3v) is 4.18. The van der Waals surface area contributed by atoms with Crippen molar-refractivity contribution in [1.82, 2.24) is 4.98 Å². The molecule has 0 radical (unpaired) electrons. The smallest absolute Gasteiger partial charge is 0.134 e. The summed E-state index contributed by atoms with van der Waals surface area (Å²) in [5.74, 6) is 1.45. The fraction of sp³-hybridized carbons (Fsp3) is 0.538. The first kappa shape index (κ1) is 12.6. The van der Waals surface area contributed by atoms with Gasteiger partial charge in [0.1, 0.15) is 11.6 Å². The molecule has 4 heteroatoms. The van der Waals surface area contributed by atoms with Crippen LogP contribution in [0.3, 0.4) is 0 Å². The molecule has 1 aromatic rings. The Morgan fingerprint density at radius 2 is 2.35 bits per heavy atom. The summed E-state index contributed by atoms with van der Waals surface area (Å²) in [6, 6.07) is 2.08. The molecule has 1 unspecified atom stereocenters. The van der Waals surface area contributed by atoms with Gasteiger partial charge in [0, 0.05) is 29.7 Å². The second-order valence-corrected chi connectivity index (χ2v) is 5.54. The highest BCUT2D eigenvalue weighted by Crippen LogP contribution is 2.25. The topological polar surface area (TPSA) is 33.2 Å². The van der Waals surface area contributed by atoms with Crippen molar-refractivity contribution in [2.24, 2.45) is 5.92 Å². The van der Waals surface area contributed by atoms with Crippen LogP contribution in [0.5, 0.6) is 0 Å². The molecule has 0 bridgehead atoms. The van der Waals surface area contributed by atoms with Gasteiger partial charge in [-0.2, -0.15) is 0 Å². The van der Waals surface area contributed by atoms with Gasteiger partial charge >= 0.3 is 0 Å². The Balaban J connectivity index is 2.16. The minimum Gasteiger partial charge on any atom is -0.356 e. The van der Waals surface area contributed by atoms with E-state index in [1.165, 1.54) is 5.56 Å². The van der Waals surface area contributed by atoms with Crippen molar-refractivity contribution >= 4 is 27.5 Å². The average molecular weight is 297 g/mol. The monoisotopic (exact) mass is 296 g/mol. The summed E-state index contributed by atoms with van der Waals surface area (Å²) in [5.41, 5.74) is 1.18. The predicted octanol–water partition coefficient (Wildman–Crippen LogP) is 2.96. The molecular weight excluding hydrogens is 280 g/mol. The highest BCUT2D eigenvalue weighted by atomic mass is 79.9. The van der Waals surface area contributed by atoms with E-state index in [4.69, 9.17) is 0 Å². The molecule has 1 aromatic heterocycles. The van der Waals surface area contributed by atoms with Crippen LogP contribution < -0.4 is 4.90 Å². The molecule has 1 aliphatic heterocycles. The lowest BCUT2D eigenvalue weighted by molar-refractivity contribution is -0.120. The van der Waals surface area contributed by atoms with E-state index in [0.717, 1.165) is 36.2 Å². The van der Waals surface area contributed by atoms with E-state index in [9.17, 15) is 4.79 Å². The van der Waals surface area contributed by atoms with Gasteiger partial charge in [-0.1, -0.05) is 0 Å². The van der Waals surface area contributed by atoms with E-state index in [1.807, 2.05) is 6.20 Å². The van der Waals surface area contributed by atoms with Crippen molar-refractivity contribution in [3.63, 3.8) is 0 Å². The first-order valence-corrected chi connectivity index (χ1v) is 6.75. The van der Waals surface area contributed by atoms with Gasteiger partial charge in [0.2, 0.25) is 0 Å². The summed E-state index contributed by atoms with van der Waals surface area (Å²) in [4.78, 5) is 18.1. The summed E-state index contributed by atoms with van der Waals surface area (Å²) in [6.07, 6.45) is 3.92. The first-order chi connectivity index (χ1) is 8.08. The third-order valence-electron chi connectivity index (χ3n) is 3.35. The summed E-state index contributed by atoms with van der Waals surface area (Å²) >= 11 is 3.45. The van der Waals surface area contributed by atoms with Gasteiger partial charge in [0.15, 0.2) is 0 Å². The number of Topliss-reactive ketones (excluding diaryl/α,β-unsaturated/α-hetero) is 1. The number of piperidine rings is 1. The van der Waals surface area contributed by atoms with Crippen molar-refractivity contribution < 1.29 is 4.79 Å². The molecule has 1 aliphatic rings. The average Bonchev–Trinajstić information content (AvgIpc) is 2.33. The van der Waals surface area contributed by atoms with E-state index < -0.39 is 0 Å².